The molecule has 1 fully saturated rings. The van der Waals surface area contributed by atoms with Gasteiger partial charge in [0.2, 0.25) is 0 Å². The van der Waals surface area contributed by atoms with Crippen molar-refractivity contribution in [3.63, 3.8) is 0 Å². The number of aliphatic imine (C=N–C) groups is 1. The summed E-state index contributed by atoms with van der Waals surface area (Å²) in [6.07, 6.45) is 1.63. The Morgan fingerprint density at radius 3 is 2.59 bits per heavy atom. The molecule has 0 radical (unpaired) electrons. The van der Waals surface area contributed by atoms with Gasteiger partial charge in [0, 0.05) is 22.4 Å². The second-order valence-electron chi connectivity index (χ2n) is 6.42. The van der Waals surface area contributed by atoms with E-state index in [0.717, 1.165) is 32.1 Å². The number of phenolic OH excluding ortho intramolecular Hbond substituents is 1. The first kappa shape index (κ1) is 20.0. The molecule has 2 aromatic rings. The lowest BCUT2D eigenvalue weighted by Crippen LogP contribution is -3.14. The van der Waals surface area contributed by atoms with Crippen LogP contribution in [0.4, 0.5) is 0 Å². The van der Waals surface area contributed by atoms with Gasteiger partial charge in [0.15, 0.2) is 0 Å². The first-order valence-corrected chi connectivity index (χ1v) is 9.58. The summed E-state index contributed by atoms with van der Waals surface area (Å²) < 4.78 is 10.8. The standard InChI is InChI=1S/C20H22Cl2N2O3/c1-26-17-4-2-14(3-5-17)19(24-6-8-27-9-7-24)13-23-12-15-10-16(21)11-18(22)20(15)25/h2-5,10-12,19,25H,6-9,13H2,1H3/p+1/t19-/m1/s1. The maximum absolute atomic E-state index is 10.1. The van der Waals surface area contributed by atoms with Crippen molar-refractivity contribution in [1.29, 1.82) is 0 Å². The average Bonchev–Trinajstić information content (AvgIpc) is 2.69. The van der Waals surface area contributed by atoms with Crippen LogP contribution < -0.4 is 9.64 Å². The molecule has 2 aromatic carbocycles. The first-order valence-electron chi connectivity index (χ1n) is 8.82. The number of methoxy groups -OCH3 is 1. The number of phenols is 1. The van der Waals surface area contributed by atoms with Crippen LogP contribution in [0, 0.1) is 0 Å². The lowest BCUT2D eigenvalue weighted by atomic mass is 10.0. The Bertz CT molecular complexity index is 791. The fourth-order valence-electron chi connectivity index (χ4n) is 3.23. The average molecular weight is 410 g/mol. The van der Waals surface area contributed by atoms with Gasteiger partial charge in [-0.15, -0.1) is 0 Å². The van der Waals surface area contributed by atoms with Crippen LogP contribution in [0.5, 0.6) is 11.5 Å². The molecule has 0 bridgehead atoms. The van der Waals surface area contributed by atoms with E-state index in [1.54, 1.807) is 19.4 Å². The molecule has 27 heavy (non-hydrogen) atoms. The summed E-state index contributed by atoms with van der Waals surface area (Å²) >= 11 is 12.0. The van der Waals surface area contributed by atoms with Crippen molar-refractivity contribution in [3.05, 3.63) is 57.6 Å². The highest BCUT2D eigenvalue weighted by Crippen LogP contribution is 2.30. The summed E-state index contributed by atoms with van der Waals surface area (Å²) in [4.78, 5) is 6.01. The van der Waals surface area contributed by atoms with Gasteiger partial charge in [-0.2, -0.15) is 0 Å². The molecule has 1 heterocycles. The number of ether oxygens (including phenoxy) is 2. The Kier molecular flexibility index (Phi) is 6.96. The molecule has 2 N–H and O–H groups in total. The highest BCUT2D eigenvalue weighted by atomic mass is 35.5. The summed E-state index contributed by atoms with van der Waals surface area (Å²) in [5, 5.41) is 10.8. The molecule has 1 aliphatic heterocycles. The summed E-state index contributed by atoms with van der Waals surface area (Å²) in [6, 6.07) is 11.4. The highest BCUT2D eigenvalue weighted by molar-refractivity contribution is 6.36. The van der Waals surface area contributed by atoms with Gasteiger partial charge in [0.25, 0.3) is 0 Å². The molecule has 0 aromatic heterocycles. The number of nitrogens with one attached hydrogen (secondary N) is 1. The van der Waals surface area contributed by atoms with Crippen LogP contribution in [0.3, 0.4) is 0 Å². The molecule has 0 unspecified atom stereocenters. The molecule has 0 aliphatic carbocycles. The molecule has 144 valence electrons. The molecule has 1 aliphatic rings. The second-order valence-corrected chi connectivity index (χ2v) is 7.26. The topological polar surface area (TPSA) is 55.5 Å². The van der Waals surface area contributed by atoms with Crippen molar-refractivity contribution >= 4 is 29.4 Å². The largest absolute Gasteiger partial charge is 0.506 e. The maximum Gasteiger partial charge on any atom is 0.143 e. The summed E-state index contributed by atoms with van der Waals surface area (Å²) in [6.45, 7) is 3.93. The Labute approximate surface area is 169 Å². The Morgan fingerprint density at radius 1 is 1.22 bits per heavy atom. The van der Waals surface area contributed by atoms with E-state index in [9.17, 15) is 5.11 Å². The van der Waals surface area contributed by atoms with Gasteiger partial charge < -0.3 is 19.5 Å². The number of benzene rings is 2. The number of quaternary nitrogens is 1. The van der Waals surface area contributed by atoms with E-state index >= 15 is 0 Å². The maximum atomic E-state index is 10.1. The zero-order valence-electron chi connectivity index (χ0n) is 15.1. The fraction of sp³-hybridized carbons (Fsp3) is 0.350. The van der Waals surface area contributed by atoms with Crippen molar-refractivity contribution in [3.8, 4) is 11.5 Å². The molecule has 3 rings (SSSR count). The summed E-state index contributed by atoms with van der Waals surface area (Å²) in [5.41, 5.74) is 1.70. The SMILES string of the molecule is COc1ccc([C@@H](CN=Cc2cc(Cl)cc(Cl)c2O)[NH+]2CCOCC2)cc1. The monoisotopic (exact) mass is 409 g/mol. The van der Waals surface area contributed by atoms with Crippen LogP contribution in [-0.2, 0) is 4.74 Å². The fourth-order valence-corrected chi connectivity index (χ4v) is 3.74. The summed E-state index contributed by atoms with van der Waals surface area (Å²) in [7, 11) is 1.66. The predicted molar refractivity (Wildman–Crippen MR) is 108 cm³/mol. The van der Waals surface area contributed by atoms with Gasteiger partial charge in [-0.3, -0.25) is 4.99 Å². The van der Waals surface area contributed by atoms with Crippen LogP contribution in [0.15, 0.2) is 41.4 Å². The molecule has 0 amide bonds. The molecule has 7 heteroatoms. The van der Waals surface area contributed by atoms with Gasteiger partial charge in [-0.1, -0.05) is 23.2 Å². The van der Waals surface area contributed by atoms with E-state index in [0.29, 0.717) is 17.1 Å². The Hall–Kier alpha value is -1.79. The molecular formula is C20H23Cl2N2O3+. The minimum atomic E-state index is -0.00969. The van der Waals surface area contributed by atoms with Crippen molar-refractivity contribution in [2.45, 2.75) is 6.04 Å². The third kappa shape index (κ3) is 5.14. The van der Waals surface area contributed by atoms with Crippen LogP contribution in [0.1, 0.15) is 17.2 Å². The van der Waals surface area contributed by atoms with Crippen molar-refractivity contribution in [2.24, 2.45) is 4.99 Å². The zero-order chi connectivity index (χ0) is 19.2. The normalized spacial score (nSPS) is 16.6. The van der Waals surface area contributed by atoms with Crippen LogP contribution in [-0.4, -0.2) is 51.3 Å². The van der Waals surface area contributed by atoms with E-state index in [1.807, 2.05) is 12.1 Å². The lowest BCUT2D eigenvalue weighted by Gasteiger charge is -2.31. The molecule has 0 saturated carbocycles. The van der Waals surface area contributed by atoms with Gasteiger partial charge in [0.1, 0.15) is 30.6 Å². The second kappa shape index (κ2) is 9.42. The minimum absolute atomic E-state index is 0.00969. The Balaban J connectivity index is 1.80. The third-order valence-corrected chi connectivity index (χ3v) is 5.23. The van der Waals surface area contributed by atoms with E-state index in [1.165, 1.54) is 16.5 Å². The number of halogens is 2. The first-order chi connectivity index (χ1) is 13.1. The van der Waals surface area contributed by atoms with Crippen molar-refractivity contribution < 1.29 is 19.5 Å². The number of morpholine rings is 1. The van der Waals surface area contributed by atoms with E-state index in [-0.39, 0.29) is 16.8 Å². The highest BCUT2D eigenvalue weighted by Gasteiger charge is 2.26. The zero-order valence-corrected chi connectivity index (χ0v) is 16.6. The van der Waals surface area contributed by atoms with E-state index in [4.69, 9.17) is 32.7 Å². The quantitative estimate of drug-likeness (QED) is 0.721. The number of hydrogen-bond acceptors (Lipinski definition) is 4. The minimum Gasteiger partial charge on any atom is -0.506 e. The van der Waals surface area contributed by atoms with Gasteiger partial charge in [-0.05, 0) is 36.4 Å². The number of hydrogen-bond donors (Lipinski definition) is 2. The molecule has 5 nitrogen and oxygen atoms in total. The molecule has 1 atom stereocenters. The lowest BCUT2D eigenvalue weighted by molar-refractivity contribution is -0.937. The van der Waals surface area contributed by atoms with Crippen LogP contribution in [0.25, 0.3) is 0 Å². The van der Waals surface area contributed by atoms with Crippen molar-refractivity contribution in [2.75, 3.05) is 40.0 Å². The third-order valence-electron chi connectivity index (χ3n) is 4.72. The predicted octanol–water partition coefficient (Wildman–Crippen LogP) is 2.78. The summed E-state index contributed by atoms with van der Waals surface area (Å²) in [5.74, 6) is 0.820. The molecule has 0 spiro atoms. The van der Waals surface area contributed by atoms with Crippen LogP contribution >= 0.6 is 23.2 Å². The van der Waals surface area contributed by atoms with E-state index < -0.39 is 0 Å². The van der Waals surface area contributed by atoms with Gasteiger partial charge in [0.05, 0.1) is 31.9 Å². The van der Waals surface area contributed by atoms with Gasteiger partial charge in [-0.25, -0.2) is 0 Å². The van der Waals surface area contributed by atoms with E-state index in [2.05, 4.69) is 17.1 Å². The smallest absolute Gasteiger partial charge is 0.143 e. The number of aromatic hydroxyl groups is 1. The van der Waals surface area contributed by atoms with Crippen molar-refractivity contribution in [1.82, 2.24) is 0 Å². The molecule has 1 saturated heterocycles. The number of rotatable bonds is 6. The number of nitrogens with zero attached hydrogens (tertiary/aromatic N) is 1. The van der Waals surface area contributed by atoms with Crippen LogP contribution in [0.2, 0.25) is 10.0 Å². The Morgan fingerprint density at radius 2 is 1.93 bits per heavy atom. The molecular weight excluding hydrogens is 387 g/mol. The van der Waals surface area contributed by atoms with Gasteiger partial charge >= 0.3 is 0 Å².